The predicted molar refractivity (Wildman–Crippen MR) is 143 cm³/mol. The van der Waals surface area contributed by atoms with Crippen LogP contribution in [0.3, 0.4) is 0 Å². The minimum atomic E-state index is -1.15. The van der Waals surface area contributed by atoms with Crippen molar-refractivity contribution in [2.24, 2.45) is 5.41 Å². The van der Waals surface area contributed by atoms with Crippen LogP contribution in [0.25, 0.3) is 22.2 Å². The molecule has 3 atom stereocenters. The Bertz CT molecular complexity index is 1270. The molecular formula is C25H31Cl2N5O2S. The summed E-state index contributed by atoms with van der Waals surface area (Å²) in [5, 5.41) is 0.997. The molecule has 0 bridgehead atoms. The molecule has 2 aliphatic rings. The van der Waals surface area contributed by atoms with Gasteiger partial charge in [-0.3, -0.25) is 0 Å². The fourth-order valence-corrected chi connectivity index (χ4v) is 6.61. The fourth-order valence-electron chi connectivity index (χ4n) is 5.18. The summed E-state index contributed by atoms with van der Waals surface area (Å²) < 4.78 is 22.1. The number of nitrogens with one attached hydrogen (secondary N) is 2. The van der Waals surface area contributed by atoms with E-state index < -0.39 is 11.0 Å². The molecule has 0 radical (unpaired) electrons. The van der Waals surface area contributed by atoms with Gasteiger partial charge in [0.25, 0.3) is 0 Å². The minimum absolute atomic E-state index is 0.0204. The maximum Gasteiger partial charge on any atom is 0.154 e. The highest BCUT2D eigenvalue weighted by Crippen LogP contribution is 2.44. The van der Waals surface area contributed by atoms with Crippen molar-refractivity contribution >= 4 is 51.0 Å². The lowest BCUT2D eigenvalue weighted by atomic mass is 9.73. The summed E-state index contributed by atoms with van der Waals surface area (Å²) in [6.45, 7) is 10.4. The molecule has 188 valence electrons. The lowest BCUT2D eigenvalue weighted by molar-refractivity contribution is 0.0973. The molecule has 2 N–H and O–H groups in total. The molecule has 10 heteroatoms. The summed E-state index contributed by atoms with van der Waals surface area (Å²) in [6.07, 6.45) is 5.40. The number of fused-ring (bicyclic) bond motifs is 1. The molecule has 4 heterocycles. The third kappa shape index (κ3) is 4.48. The summed E-state index contributed by atoms with van der Waals surface area (Å²) >= 11 is 12.8. The lowest BCUT2D eigenvalue weighted by Crippen LogP contribution is -2.55. The Morgan fingerprint density at radius 1 is 1.20 bits per heavy atom. The number of ether oxygens (including phenoxy) is 1. The number of imidazole rings is 1. The second kappa shape index (κ2) is 9.30. The summed E-state index contributed by atoms with van der Waals surface area (Å²) in [5.74, 6) is 0.879. The maximum atomic E-state index is 12.9. The van der Waals surface area contributed by atoms with Crippen molar-refractivity contribution in [1.82, 2.24) is 19.7 Å². The third-order valence-corrected chi connectivity index (χ3v) is 9.69. The van der Waals surface area contributed by atoms with Gasteiger partial charge in [0.05, 0.1) is 50.9 Å². The van der Waals surface area contributed by atoms with Crippen LogP contribution in [0.4, 0.5) is 5.82 Å². The third-order valence-electron chi connectivity index (χ3n) is 7.29. The first-order valence-corrected chi connectivity index (χ1v) is 13.8. The Morgan fingerprint density at radius 3 is 2.66 bits per heavy atom. The van der Waals surface area contributed by atoms with Gasteiger partial charge in [-0.1, -0.05) is 35.3 Å². The molecule has 1 aromatic carbocycles. The summed E-state index contributed by atoms with van der Waals surface area (Å²) in [5.41, 5.74) is 3.31. The number of hydrogen-bond donors (Lipinski definition) is 2. The average Bonchev–Trinajstić information content (AvgIpc) is 3.42. The van der Waals surface area contributed by atoms with Gasteiger partial charge in [0.2, 0.25) is 0 Å². The van der Waals surface area contributed by atoms with E-state index >= 15 is 0 Å². The van der Waals surface area contributed by atoms with E-state index in [4.69, 9.17) is 32.9 Å². The normalized spacial score (nSPS) is 23.3. The molecule has 5 rings (SSSR count). The number of nitrogens with zero attached hydrogens (tertiary/aromatic N) is 3. The van der Waals surface area contributed by atoms with Gasteiger partial charge in [0.1, 0.15) is 11.0 Å². The van der Waals surface area contributed by atoms with E-state index in [0.29, 0.717) is 16.7 Å². The quantitative estimate of drug-likeness (QED) is 0.469. The number of pyridine rings is 1. The fraction of sp³-hybridized carbons (Fsp3) is 0.520. The Morgan fingerprint density at radius 2 is 1.94 bits per heavy atom. The molecule has 0 aliphatic carbocycles. The van der Waals surface area contributed by atoms with Crippen LogP contribution in [0.5, 0.6) is 0 Å². The average molecular weight is 537 g/mol. The van der Waals surface area contributed by atoms with Gasteiger partial charge in [-0.15, -0.1) is 0 Å². The summed E-state index contributed by atoms with van der Waals surface area (Å²) in [4.78, 5) is 15.0. The van der Waals surface area contributed by atoms with E-state index in [-0.39, 0.29) is 22.3 Å². The molecule has 2 fully saturated rings. The van der Waals surface area contributed by atoms with Gasteiger partial charge in [-0.2, -0.15) is 0 Å². The first kappa shape index (κ1) is 25.0. The zero-order chi connectivity index (χ0) is 25.0. The second-order valence-electron chi connectivity index (χ2n) is 10.6. The second-order valence-corrected chi connectivity index (χ2v) is 13.3. The van der Waals surface area contributed by atoms with Crippen molar-refractivity contribution in [3.8, 4) is 11.1 Å². The number of piperidine rings is 1. The number of aromatic amines is 1. The molecule has 0 amide bonds. The number of hydrogen-bond acceptors (Lipinski definition) is 5. The monoisotopic (exact) mass is 535 g/mol. The lowest BCUT2D eigenvalue weighted by Gasteiger charge is -2.43. The highest BCUT2D eigenvalue weighted by atomic mass is 35.5. The molecule has 2 saturated heterocycles. The van der Waals surface area contributed by atoms with Gasteiger partial charge in [0.15, 0.2) is 5.82 Å². The van der Waals surface area contributed by atoms with Gasteiger partial charge in [-0.25, -0.2) is 18.9 Å². The predicted octanol–water partition coefficient (Wildman–Crippen LogP) is 5.36. The molecule has 3 aromatic rings. The van der Waals surface area contributed by atoms with Crippen LogP contribution in [0.1, 0.15) is 40.5 Å². The summed E-state index contributed by atoms with van der Waals surface area (Å²) in [7, 11) is -1.15. The highest BCUT2D eigenvalue weighted by molar-refractivity contribution is 7.84. The molecule has 1 unspecified atom stereocenters. The number of aromatic nitrogens is 3. The molecule has 35 heavy (non-hydrogen) atoms. The Labute approximate surface area is 218 Å². The number of halogens is 2. The number of rotatable bonds is 4. The van der Waals surface area contributed by atoms with Gasteiger partial charge in [-0.05, 0) is 46.6 Å². The molecule has 7 nitrogen and oxygen atoms in total. The van der Waals surface area contributed by atoms with E-state index in [1.807, 2.05) is 39.1 Å². The standard InChI is InChI=1S/C25H31Cl2N5O2S/c1-15-22(31-35(33)24(2,3)4)25(13-34-15)8-10-32(11-9-25)23-21-20(29-14-30-21)17(12-28-23)16-6-5-7-18(26)19(16)27/h5-7,12,14-15,22,31H,8-11,13H2,1-4H3,(H,29,30)/t15-,22+,35?/m0/s1. The van der Waals surface area contributed by atoms with Crippen molar-refractivity contribution in [2.45, 2.75) is 57.4 Å². The van der Waals surface area contributed by atoms with E-state index in [1.54, 1.807) is 12.4 Å². The van der Waals surface area contributed by atoms with Gasteiger partial charge in [0, 0.05) is 35.8 Å². The van der Waals surface area contributed by atoms with Gasteiger partial charge >= 0.3 is 0 Å². The Hall–Kier alpha value is -1.71. The van der Waals surface area contributed by atoms with Crippen LogP contribution in [0.15, 0.2) is 30.7 Å². The van der Waals surface area contributed by atoms with E-state index in [9.17, 15) is 4.21 Å². The molecular weight excluding hydrogens is 505 g/mol. The summed E-state index contributed by atoms with van der Waals surface area (Å²) in [6, 6.07) is 5.63. The van der Waals surface area contributed by atoms with E-state index in [1.165, 1.54) is 0 Å². The highest BCUT2D eigenvalue weighted by Gasteiger charge is 2.50. The molecule has 2 aromatic heterocycles. The van der Waals surface area contributed by atoms with Crippen LogP contribution in [0, 0.1) is 5.41 Å². The van der Waals surface area contributed by atoms with Crippen LogP contribution in [-0.2, 0) is 15.7 Å². The van der Waals surface area contributed by atoms with Crippen molar-refractivity contribution < 1.29 is 8.95 Å². The molecule has 1 spiro atoms. The minimum Gasteiger partial charge on any atom is -0.376 e. The Balaban J connectivity index is 1.40. The van der Waals surface area contributed by atoms with Crippen molar-refractivity contribution in [3.63, 3.8) is 0 Å². The Kier molecular flexibility index (Phi) is 6.64. The first-order valence-electron chi connectivity index (χ1n) is 11.9. The number of H-pyrrole nitrogens is 1. The SMILES string of the molecule is C[C@@H]1OCC2(CCN(c3ncc(-c4cccc(Cl)c4Cl)c4nc[nH]c34)CC2)[C@@H]1NS(=O)C(C)(C)C. The van der Waals surface area contributed by atoms with Crippen LogP contribution in [-0.4, -0.2) is 55.8 Å². The van der Waals surface area contributed by atoms with E-state index in [0.717, 1.165) is 53.9 Å². The zero-order valence-electron chi connectivity index (χ0n) is 20.4. The maximum absolute atomic E-state index is 12.9. The first-order chi connectivity index (χ1) is 16.6. The van der Waals surface area contributed by atoms with Crippen molar-refractivity contribution in [2.75, 3.05) is 24.6 Å². The smallest absolute Gasteiger partial charge is 0.154 e. The van der Waals surface area contributed by atoms with Crippen LogP contribution in [0.2, 0.25) is 10.0 Å². The van der Waals surface area contributed by atoms with Gasteiger partial charge < -0.3 is 14.6 Å². The molecule has 0 saturated carbocycles. The van der Waals surface area contributed by atoms with Crippen molar-refractivity contribution in [1.29, 1.82) is 0 Å². The van der Waals surface area contributed by atoms with Crippen LogP contribution < -0.4 is 9.62 Å². The number of anilines is 1. The zero-order valence-corrected chi connectivity index (χ0v) is 22.7. The molecule has 2 aliphatic heterocycles. The largest absolute Gasteiger partial charge is 0.376 e. The van der Waals surface area contributed by atoms with Crippen LogP contribution >= 0.6 is 23.2 Å². The number of benzene rings is 1. The van der Waals surface area contributed by atoms with E-state index in [2.05, 4.69) is 26.5 Å². The topological polar surface area (TPSA) is 83.1 Å². The van der Waals surface area contributed by atoms with Crippen molar-refractivity contribution in [3.05, 3.63) is 40.8 Å².